The Morgan fingerprint density at radius 1 is 1.33 bits per heavy atom. The van der Waals surface area contributed by atoms with Crippen molar-refractivity contribution in [1.29, 1.82) is 0 Å². The minimum Gasteiger partial charge on any atom is -0.343 e. The van der Waals surface area contributed by atoms with Crippen LogP contribution in [-0.4, -0.2) is 37.0 Å². The molecule has 0 unspecified atom stereocenters. The van der Waals surface area contributed by atoms with E-state index in [-0.39, 0.29) is 0 Å². The van der Waals surface area contributed by atoms with Gasteiger partial charge in [-0.15, -0.1) is 0 Å². The van der Waals surface area contributed by atoms with E-state index in [1.54, 1.807) is 0 Å². The summed E-state index contributed by atoms with van der Waals surface area (Å²) < 4.78 is 0. The van der Waals surface area contributed by atoms with E-state index < -0.39 is 0 Å². The molecule has 15 heavy (non-hydrogen) atoms. The SMILES string of the molecule is CCNCCC(=O)N1CCC(CC)CC1. The van der Waals surface area contributed by atoms with Gasteiger partial charge in [0.15, 0.2) is 0 Å². The summed E-state index contributed by atoms with van der Waals surface area (Å²) in [6.07, 6.45) is 4.32. The molecule has 0 saturated carbocycles. The molecule has 0 bridgehead atoms. The summed E-state index contributed by atoms with van der Waals surface area (Å²) in [6.45, 7) is 8.03. The third-order valence-electron chi connectivity index (χ3n) is 3.31. The Morgan fingerprint density at radius 3 is 2.53 bits per heavy atom. The number of likely N-dealkylation sites (tertiary alicyclic amines) is 1. The number of amides is 1. The standard InChI is InChI=1S/C12H24N2O/c1-3-11-6-9-14(10-7-11)12(15)5-8-13-4-2/h11,13H,3-10H2,1-2H3. The van der Waals surface area contributed by atoms with E-state index in [9.17, 15) is 4.79 Å². The minimum absolute atomic E-state index is 0.325. The lowest BCUT2D eigenvalue weighted by atomic mass is 9.94. The highest BCUT2D eigenvalue weighted by atomic mass is 16.2. The largest absolute Gasteiger partial charge is 0.343 e. The molecule has 3 nitrogen and oxygen atoms in total. The van der Waals surface area contributed by atoms with Crippen LogP contribution in [0.25, 0.3) is 0 Å². The summed E-state index contributed by atoms with van der Waals surface area (Å²) in [5.41, 5.74) is 0. The molecule has 1 heterocycles. The van der Waals surface area contributed by atoms with Crippen LogP contribution < -0.4 is 5.32 Å². The topological polar surface area (TPSA) is 32.3 Å². The summed E-state index contributed by atoms with van der Waals surface area (Å²) in [4.78, 5) is 13.8. The van der Waals surface area contributed by atoms with E-state index >= 15 is 0 Å². The molecule has 0 radical (unpaired) electrons. The minimum atomic E-state index is 0.325. The number of hydrogen-bond acceptors (Lipinski definition) is 2. The highest BCUT2D eigenvalue weighted by Crippen LogP contribution is 2.20. The predicted octanol–water partition coefficient (Wildman–Crippen LogP) is 1.63. The summed E-state index contributed by atoms with van der Waals surface area (Å²) in [5, 5.41) is 3.19. The van der Waals surface area contributed by atoms with Crippen molar-refractivity contribution in [2.75, 3.05) is 26.2 Å². The summed E-state index contributed by atoms with van der Waals surface area (Å²) >= 11 is 0. The fourth-order valence-electron chi connectivity index (χ4n) is 2.12. The molecule has 0 aliphatic carbocycles. The second-order valence-corrected chi connectivity index (χ2v) is 4.34. The van der Waals surface area contributed by atoms with Gasteiger partial charge in [0.1, 0.15) is 0 Å². The van der Waals surface area contributed by atoms with Crippen molar-refractivity contribution in [3.63, 3.8) is 0 Å². The first-order chi connectivity index (χ1) is 7.27. The van der Waals surface area contributed by atoms with Crippen LogP contribution in [0, 0.1) is 5.92 Å². The van der Waals surface area contributed by atoms with Crippen molar-refractivity contribution in [1.82, 2.24) is 10.2 Å². The van der Waals surface area contributed by atoms with Gasteiger partial charge in [-0.1, -0.05) is 20.3 Å². The Hall–Kier alpha value is -0.570. The number of carbonyl (C=O) groups is 1. The van der Waals surface area contributed by atoms with Crippen LogP contribution in [0.15, 0.2) is 0 Å². The second-order valence-electron chi connectivity index (χ2n) is 4.34. The Labute approximate surface area is 93.2 Å². The van der Waals surface area contributed by atoms with Crippen LogP contribution in [0.3, 0.4) is 0 Å². The lowest BCUT2D eigenvalue weighted by molar-refractivity contribution is -0.132. The van der Waals surface area contributed by atoms with Gasteiger partial charge in [0, 0.05) is 26.1 Å². The average Bonchev–Trinajstić information content (AvgIpc) is 2.29. The molecule has 0 aromatic carbocycles. The first-order valence-corrected chi connectivity index (χ1v) is 6.26. The number of nitrogens with one attached hydrogen (secondary N) is 1. The molecule has 0 aromatic rings. The zero-order valence-corrected chi connectivity index (χ0v) is 10.1. The van der Waals surface area contributed by atoms with Gasteiger partial charge in [-0.05, 0) is 25.3 Å². The van der Waals surface area contributed by atoms with Gasteiger partial charge in [0.2, 0.25) is 5.91 Å². The Kier molecular flexibility index (Phi) is 5.69. The molecule has 1 rings (SSSR count). The normalized spacial score (nSPS) is 18.1. The number of nitrogens with zero attached hydrogens (tertiary/aromatic N) is 1. The van der Waals surface area contributed by atoms with Crippen LogP contribution in [-0.2, 0) is 4.79 Å². The van der Waals surface area contributed by atoms with Gasteiger partial charge in [-0.2, -0.15) is 0 Å². The van der Waals surface area contributed by atoms with Crippen molar-refractivity contribution >= 4 is 5.91 Å². The molecule has 3 heteroatoms. The number of carbonyl (C=O) groups excluding carboxylic acids is 1. The first kappa shape index (κ1) is 12.5. The van der Waals surface area contributed by atoms with E-state index in [1.807, 2.05) is 4.90 Å². The maximum atomic E-state index is 11.8. The number of piperidine rings is 1. The monoisotopic (exact) mass is 212 g/mol. The summed E-state index contributed by atoms with van der Waals surface area (Å²) in [7, 11) is 0. The molecule has 0 spiro atoms. The molecular weight excluding hydrogens is 188 g/mol. The van der Waals surface area contributed by atoms with E-state index in [0.29, 0.717) is 12.3 Å². The van der Waals surface area contributed by atoms with Gasteiger partial charge >= 0.3 is 0 Å². The zero-order valence-electron chi connectivity index (χ0n) is 10.1. The second kappa shape index (κ2) is 6.83. The van der Waals surface area contributed by atoms with Crippen molar-refractivity contribution in [3.8, 4) is 0 Å². The molecule has 1 saturated heterocycles. The van der Waals surface area contributed by atoms with E-state index in [4.69, 9.17) is 0 Å². The van der Waals surface area contributed by atoms with Gasteiger partial charge in [0.25, 0.3) is 0 Å². The van der Waals surface area contributed by atoms with E-state index in [0.717, 1.165) is 32.1 Å². The fraction of sp³-hybridized carbons (Fsp3) is 0.917. The van der Waals surface area contributed by atoms with Gasteiger partial charge in [-0.25, -0.2) is 0 Å². The Balaban J connectivity index is 2.18. The van der Waals surface area contributed by atoms with Crippen LogP contribution >= 0.6 is 0 Å². The van der Waals surface area contributed by atoms with Gasteiger partial charge in [-0.3, -0.25) is 4.79 Å². The van der Waals surface area contributed by atoms with Crippen LogP contribution in [0.2, 0.25) is 0 Å². The molecule has 88 valence electrons. The molecule has 0 atom stereocenters. The Morgan fingerprint density at radius 2 is 2.00 bits per heavy atom. The quantitative estimate of drug-likeness (QED) is 0.703. The van der Waals surface area contributed by atoms with Crippen molar-refractivity contribution in [3.05, 3.63) is 0 Å². The van der Waals surface area contributed by atoms with E-state index in [2.05, 4.69) is 19.2 Å². The third kappa shape index (κ3) is 4.20. The van der Waals surface area contributed by atoms with Gasteiger partial charge < -0.3 is 10.2 Å². The maximum Gasteiger partial charge on any atom is 0.223 e. The number of rotatable bonds is 5. The molecule has 1 N–H and O–H groups in total. The van der Waals surface area contributed by atoms with Crippen LogP contribution in [0.5, 0.6) is 0 Å². The fourth-order valence-corrected chi connectivity index (χ4v) is 2.12. The Bertz CT molecular complexity index is 186. The van der Waals surface area contributed by atoms with Crippen molar-refractivity contribution in [2.24, 2.45) is 5.92 Å². The maximum absolute atomic E-state index is 11.8. The third-order valence-corrected chi connectivity index (χ3v) is 3.31. The van der Waals surface area contributed by atoms with Gasteiger partial charge in [0.05, 0.1) is 0 Å². The summed E-state index contributed by atoms with van der Waals surface area (Å²) in [6, 6.07) is 0. The lowest BCUT2D eigenvalue weighted by Crippen LogP contribution is -2.39. The number of hydrogen-bond donors (Lipinski definition) is 1. The molecular formula is C12H24N2O. The van der Waals surface area contributed by atoms with Crippen LogP contribution in [0.1, 0.15) is 39.5 Å². The van der Waals surface area contributed by atoms with E-state index in [1.165, 1.54) is 19.3 Å². The molecule has 1 amide bonds. The molecule has 1 fully saturated rings. The van der Waals surface area contributed by atoms with Crippen LogP contribution in [0.4, 0.5) is 0 Å². The molecule has 0 aromatic heterocycles. The summed E-state index contributed by atoms with van der Waals surface area (Å²) in [5.74, 6) is 1.17. The first-order valence-electron chi connectivity index (χ1n) is 6.26. The molecule has 1 aliphatic rings. The zero-order chi connectivity index (χ0) is 11.1. The van der Waals surface area contributed by atoms with Crippen molar-refractivity contribution < 1.29 is 4.79 Å². The smallest absolute Gasteiger partial charge is 0.223 e. The highest BCUT2D eigenvalue weighted by Gasteiger charge is 2.20. The van der Waals surface area contributed by atoms with Crippen molar-refractivity contribution in [2.45, 2.75) is 39.5 Å². The predicted molar refractivity (Wildman–Crippen MR) is 62.8 cm³/mol. The average molecular weight is 212 g/mol. The lowest BCUT2D eigenvalue weighted by Gasteiger charge is -2.31. The highest BCUT2D eigenvalue weighted by molar-refractivity contribution is 5.76. The molecule has 1 aliphatic heterocycles.